The topological polar surface area (TPSA) is 24.4 Å². The second-order valence-electron chi connectivity index (χ2n) is 3.55. The summed E-state index contributed by atoms with van der Waals surface area (Å²) >= 11 is 17.6. The van der Waals surface area contributed by atoms with Gasteiger partial charge in [0.2, 0.25) is 0 Å². The summed E-state index contributed by atoms with van der Waals surface area (Å²) in [6.07, 6.45) is 1.67. The average Bonchev–Trinajstić information content (AvgIpc) is 2.34. The highest BCUT2D eigenvalue weighted by molar-refractivity contribution is 6.42. The highest BCUT2D eigenvalue weighted by Crippen LogP contribution is 2.24. The van der Waals surface area contributed by atoms with Crippen molar-refractivity contribution in [2.45, 2.75) is 0 Å². The van der Waals surface area contributed by atoms with Crippen molar-refractivity contribution in [1.29, 1.82) is 0 Å². The number of hydrogen-bond acceptors (Lipinski definition) is 2. The van der Waals surface area contributed by atoms with Crippen LogP contribution in [0.15, 0.2) is 47.6 Å². The molecule has 2 aromatic rings. The van der Waals surface area contributed by atoms with Crippen molar-refractivity contribution in [3.05, 3.63) is 63.1 Å². The number of hydrogen-bond donors (Lipinski definition) is 1. The third-order valence-electron chi connectivity index (χ3n) is 2.18. The van der Waals surface area contributed by atoms with Crippen LogP contribution in [0.5, 0.6) is 0 Å². The first-order valence-electron chi connectivity index (χ1n) is 5.15. The van der Waals surface area contributed by atoms with Gasteiger partial charge >= 0.3 is 0 Å². The summed E-state index contributed by atoms with van der Waals surface area (Å²) in [4.78, 5) is 0. The number of hydrazone groups is 1. The predicted molar refractivity (Wildman–Crippen MR) is 79.1 cm³/mol. The maximum Gasteiger partial charge on any atom is 0.0613 e. The van der Waals surface area contributed by atoms with Crippen LogP contribution in [0.1, 0.15) is 5.56 Å². The van der Waals surface area contributed by atoms with Crippen LogP contribution in [0.2, 0.25) is 15.1 Å². The molecular formula is C13H9Cl3N2. The Morgan fingerprint density at radius 3 is 2.50 bits per heavy atom. The van der Waals surface area contributed by atoms with Crippen molar-refractivity contribution >= 4 is 46.7 Å². The number of halogens is 3. The van der Waals surface area contributed by atoms with E-state index in [1.165, 1.54) is 0 Å². The fourth-order valence-corrected chi connectivity index (χ4v) is 1.83. The minimum atomic E-state index is 0.486. The van der Waals surface area contributed by atoms with Gasteiger partial charge in [-0.05, 0) is 35.9 Å². The van der Waals surface area contributed by atoms with Crippen LogP contribution in [0, 0.1) is 0 Å². The normalized spacial score (nSPS) is 10.8. The third kappa shape index (κ3) is 3.64. The summed E-state index contributed by atoms with van der Waals surface area (Å²) in [5.74, 6) is 0. The van der Waals surface area contributed by atoms with E-state index in [9.17, 15) is 0 Å². The maximum absolute atomic E-state index is 5.89. The molecule has 0 amide bonds. The Morgan fingerprint density at radius 1 is 0.944 bits per heavy atom. The zero-order valence-electron chi connectivity index (χ0n) is 9.20. The van der Waals surface area contributed by atoms with Crippen LogP contribution in [-0.4, -0.2) is 6.21 Å². The zero-order valence-corrected chi connectivity index (χ0v) is 11.5. The Hall–Kier alpha value is -1.22. The Kier molecular flexibility index (Phi) is 4.48. The van der Waals surface area contributed by atoms with E-state index in [1.807, 2.05) is 24.3 Å². The zero-order chi connectivity index (χ0) is 13.0. The quantitative estimate of drug-likeness (QED) is 0.619. The van der Waals surface area contributed by atoms with E-state index in [2.05, 4.69) is 10.5 Å². The highest BCUT2D eigenvalue weighted by Gasteiger charge is 1.97. The molecule has 0 fully saturated rings. The van der Waals surface area contributed by atoms with Crippen LogP contribution >= 0.6 is 34.8 Å². The van der Waals surface area contributed by atoms with Crippen molar-refractivity contribution in [1.82, 2.24) is 0 Å². The molecule has 0 unspecified atom stereocenters. The largest absolute Gasteiger partial charge is 0.278 e. The summed E-state index contributed by atoms with van der Waals surface area (Å²) in [6.45, 7) is 0. The molecule has 2 aromatic carbocycles. The van der Waals surface area contributed by atoms with Gasteiger partial charge in [-0.25, -0.2) is 0 Å². The summed E-state index contributed by atoms with van der Waals surface area (Å²) in [5, 5.41) is 5.76. The van der Waals surface area contributed by atoms with Crippen LogP contribution in [0.25, 0.3) is 0 Å². The Bertz CT molecular complexity index is 582. The Balaban J connectivity index is 2.05. The highest BCUT2D eigenvalue weighted by atomic mass is 35.5. The number of anilines is 1. The molecule has 0 radical (unpaired) electrons. The van der Waals surface area contributed by atoms with Crippen LogP contribution < -0.4 is 5.43 Å². The average molecular weight is 300 g/mol. The number of rotatable bonds is 3. The van der Waals surface area contributed by atoms with Gasteiger partial charge in [0.1, 0.15) is 0 Å². The van der Waals surface area contributed by atoms with Gasteiger partial charge in [0.25, 0.3) is 0 Å². The molecule has 0 bridgehead atoms. The molecule has 1 N–H and O–H groups in total. The van der Waals surface area contributed by atoms with Crippen molar-refractivity contribution in [3.8, 4) is 0 Å². The van der Waals surface area contributed by atoms with Crippen LogP contribution in [-0.2, 0) is 0 Å². The first-order valence-corrected chi connectivity index (χ1v) is 6.28. The van der Waals surface area contributed by atoms with E-state index >= 15 is 0 Å². The molecule has 0 saturated carbocycles. The predicted octanol–water partition coefficient (Wildman–Crippen LogP) is 5.09. The number of benzene rings is 2. The van der Waals surface area contributed by atoms with Gasteiger partial charge in [-0.15, -0.1) is 0 Å². The summed E-state index contributed by atoms with van der Waals surface area (Å²) < 4.78 is 0. The molecule has 0 aliphatic carbocycles. The lowest BCUT2D eigenvalue weighted by Crippen LogP contribution is -1.90. The van der Waals surface area contributed by atoms with E-state index in [1.54, 1.807) is 24.4 Å². The maximum atomic E-state index is 5.89. The Morgan fingerprint density at radius 2 is 1.78 bits per heavy atom. The van der Waals surface area contributed by atoms with Gasteiger partial charge in [-0.3, -0.25) is 5.43 Å². The first-order chi connectivity index (χ1) is 8.65. The van der Waals surface area contributed by atoms with Crippen LogP contribution in [0.3, 0.4) is 0 Å². The van der Waals surface area contributed by atoms with Gasteiger partial charge in [0, 0.05) is 5.02 Å². The molecule has 0 heterocycles. The van der Waals surface area contributed by atoms with Crippen molar-refractivity contribution in [3.63, 3.8) is 0 Å². The van der Waals surface area contributed by atoms with Gasteiger partial charge in [-0.2, -0.15) is 5.10 Å². The molecule has 0 aromatic heterocycles. The molecular weight excluding hydrogens is 291 g/mol. The van der Waals surface area contributed by atoms with E-state index in [-0.39, 0.29) is 0 Å². The molecule has 0 spiro atoms. The summed E-state index contributed by atoms with van der Waals surface area (Å²) in [6, 6.07) is 12.6. The van der Waals surface area contributed by atoms with E-state index in [0.717, 1.165) is 11.3 Å². The molecule has 92 valence electrons. The van der Waals surface area contributed by atoms with E-state index in [4.69, 9.17) is 34.8 Å². The van der Waals surface area contributed by atoms with Crippen molar-refractivity contribution < 1.29 is 0 Å². The molecule has 18 heavy (non-hydrogen) atoms. The second-order valence-corrected chi connectivity index (χ2v) is 4.80. The van der Waals surface area contributed by atoms with Crippen LogP contribution in [0.4, 0.5) is 5.69 Å². The Labute approximate surface area is 120 Å². The van der Waals surface area contributed by atoms with Gasteiger partial charge in [0.05, 0.1) is 21.9 Å². The molecule has 0 atom stereocenters. The van der Waals surface area contributed by atoms with Gasteiger partial charge in [-0.1, -0.05) is 46.9 Å². The summed E-state index contributed by atoms with van der Waals surface area (Å²) in [7, 11) is 0. The van der Waals surface area contributed by atoms with Gasteiger partial charge in [0.15, 0.2) is 0 Å². The fraction of sp³-hybridized carbons (Fsp3) is 0. The van der Waals surface area contributed by atoms with Gasteiger partial charge < -0.3 is 0 Å². The number of nitrogens with zero attached hydrogens (tertiary/aromatic N) is 1. The SMILES string of the molecule is Clc1cccc(C=NNc2ccc(Cl)c(Cl)c2)c1. The minimum absolute atomic E-state index is 0.486. The smallest absolute Gasteiger partial charge is 0.0613 e. The molecule has 0 aliphatic rings. The van der Waals surface area contributed by atoms with E-state index in [0.29, 0.717) is 15.1 Å². The fourth-order valence-electron chi connectivity index (χ4n) is 1.33. The van der Waals surface area contributed by atoms with Crippen molar-refractivity contribution in [2.24, 2.45) is 5.10 Å². The lowest BCUT2D eigenvalue weighted by atomic mass is 10.2. The number of nitrogens with one attached hydrogen (secondary N) is 1. The first kappa shape index (κ1) is 13.2. The molecule has 2 nitrogen and oxygen atoms in total. The lowest BCUT2D eigenvalue weighted by molar-refractivity contribution is 1.35. The molecule has 5 heteroatoms. The summed E-state index contributed by atoms with van der Waals surface area (Å²) in [5.41, 5.74) is 4.54. The van der Waals surface area contributed by atoms with E-state index < -0.39 is 0 Å². The second kappa shape index (κ2) is 6.10. The minimum Gasteiger partial charge on any atom is -0.278 e. The molecule has 0 saturated heterocycles. The third-order valence-corrected chi connectivity index (χ3v) is 3.15. The molecule has 2 rings (SSSR count). The lowest BCUT2D eigenvalue weighted by Gasteiger charge is -2.01. The molecule has 0 aliphatic heterocycles. The monoisotopic (exact) mass is 298 g/mol. The van der Waals surface area contributed by atoms with Crippen molar-refractivity contribution in [2.75, 3.05) is 5.43 Å². The standard InChI is InChI=1S/C13H9Cl3N2/c14-10-3-1-2-9(6-10)8-17-18-11-4-5-12(15)13(16)7-11/h1-8,18H.